The summed E-state index contributed by atoms with van der Waals surface area (Å²) in [5, 5.41) is 29.3. The molecule has 6 N–H and O–H groups in total. The molecule has 2 saturated heterocycles. The fraction of sp³-hybridized carbons (Fsp3) is 0.208. The van der Waals surface area contributed by atoms with Gasteiger partial charge in [0.15, 0.2) is 0 Å². The van der Waals surface area contributed by atoms with Crippen molar-refractivity contribution in [3.63, 3.8) is 0 Å². The Morgan fingerprint density at radius 2 is 0.953 bits per heavy atom. The van der Waals surface area contributed by atoms with Gasteiger partial charge in [0.05, 0.1) is 21.2 Å². The number of halogens is 4. The minimum atomic E-state index is -0.506. The minimum Gasteiger partial charge on any atom is -0.380 e. The first-order chi connectivity index (χ1) is 31.0. The quantitative estimate of drug-likeness (QED) is 0.0522. The van der Waals surface area contributed by atoms with Crippen LogP contribution in [-0.4, -0.2) is 69.4 Å². The van der Waals surface area contributed by atoms with Crippen molar-refractivity contribution in [1.82, 2.24) is 19.8 Å². The van der Waals surface area contributed by atoms with E-state index in [2.05, 4.69) is 36.1 Å². The maximum absolute atomic E-state index is 13.9. The third-order valence-corrected chi connectivity index (χ3v) is 11.1. The van der Waals surface area contributed by atoms with E-state index in [0.717, 1.165) is 67.7 Å². The van der Waals surface area contributed by atoms with Crippen molar-refractivity contribution in [2.75, 3.05) is 47.4 Å². The second kappa shape index (κ2) is 21.5. The molecule has 0 atom stereocenters. The van der Waals surface area contributed by atoms with Gasteiger partial charge in [0.2, 0.25) is 0 Å². The van der Waals surface area contributed by atoms with E-state index in [1.54, 1.807) is 30.3 Å². The first-order valence-electron chi connectivity index (χ1n) is 20.8. The van der Waals surface area contributed by atoms with Gasteiger partial charge < -0.3 is 31.1 Å². The molecule has 2 aliphatic heterocycles. The Labute approximate surface area is 380 Å². The van der Waals surface area contributed by atoms with Crippen LogP contribution in [0.2, 0.25) is 10.0 Å². The highest BCUT2D eigenvalue weighted by Crippen LogP contribution is 2.23. The van der Waals surface area contributed by atoms with Gasteiger partial charge in [-0.05, 0) is 97.5 Å². The number of hydrogen-bond donors (Lipinski definition) is 6. The SMILES string of the molecule is N=C(c1ccc(CNc2ccc(F)cc2C(=O)Nc2ccc(Cl)cn2)cc1)N1CCC1.N=C(c1ccc(CNc2ccc(F)cc2C(=O)Nc2ccc(Cl)cn2)cc1)N1CCCCC1. The van der Waals surface area contributed by atoms with Crippen LogP contribution in [0.3, 0.4) is 0 Å². The molecule has 2 aromatic heterocycles. The third-order valence-electron chi connectivity index (χ3n) is 10.7. The van der Waals surface area contributed by atoms with Crippen LogP contribution < -0.4 is 21.3 Å². The second-order valence-electron chi connectivity index (χ2n) is 15.2. The molecule has 8 rings (SSSR count). The van der Waals surface area contributed by atoms with Gasteiger partial charge in [-0.2, -0.15) is 0 Å². The molecule has 0 bridgehead atoms. The number of rotatable bonds is 12. The number of carbonyl (C=O) groups is 2. The van der Waals surface area contributed by atoms with E-state index in [1.807, 2.05) is 53.4 Å². The van der Waals surface area contributed by atoms with E-state index in [4.69, 9.17) is 34.0 Å². The third kappa shape index (κ3) is 12.2. The van der Waals surface area contributed by atoms with Gasteiger partial charge >= 0.3 is 0 Å². The highest BCUT2D eigenvalue weighted by molar-refractivity contribution is 6.30. The molecule has 0 saturated carbocycles. The van der Waals surface area contributed by atoms with Crippen molar-refractivity contribution < 1.29 is 18.4 Å². The maximum Gasteiger partial charge on any atom is 0.259 e. The van der Waals surface area contributed by atoms with Gasteiger partial charge in [-0.3, -0.25) is 20.4 Å². The zero-order valence-electron chi connectivity index (χ0n) is 34.7. The maximum atomic E-state index is 13.9. The number of pyridine rings is 2. The fourth-order valence-corrected chi connectivity index (χ4v) is 7.19. The molecular weight excluding hydrogens is 857 g/mol. The smallest absolute Gasteiger partial charge is 0.259 e. The number of piperidine rings is 1. The molecule has 12 nitrogen and oxygen atoms in total. The molecule has 0 unspecified atom stereocenters. The summed E-state index contributed by atoms with van der Waals surface area (Å²) in [4.78, 5) is 37.7. The van der Waals surface area contributed by atoms with Gasteiger partial charge in [-0.1, -0.05) is 71.7 Å². The molecule has 2 amide bonds. The van der Waals surface area contributed by atoms with E-state index >= 15 is 0 Å². The number of amides is 2. The molecule has 0 spiro atoms. The summed E-state index contributed by atoms with van der Waals surface area (Å²) in [7, 11) is 0. The average molecular weight is 904 g/mol. The Kier molecular flexibility index (Phi) is 15.1. The highest BCUT2D eigenvalue weighted by atomic mass is 35.5. The number of hydrogen-bond acceptors (Lipinski definition) is 8. The van der Waals surface area contributed by atoms with E-state index in [-0.39, 0.29) is 11.1 Å². The molecule has 64 heavy (non-hydrogen) atoms. The molecular formula is C48H46Cl2F2N10O2. The van der Waals surface area contributed by atoms with Crippen molar-refractivity contribution in [2.24, 2.45) is 0 Å². The predicted octanol–water partition coefficient (Wildman–Crippen LogP) is 10.3. The highest BCUT2D eigenvalue weighted by Gasteiger charge is 2.19. The lowest BCUT2D eigenvalue weighted by molar-refractivity contribution is 0.101. The summed E-state index contributed by atoms with van der Waals surface area (Å²) >= 11 is 11.6. The molecule has 6 aromatic rings. The largest absolute Gasteiger partial charge is 0.380 e. The van der Waals surface area contributed by atoms with Crippen LogP contribution in [0.4, 0.5) is 31.8 Å². The van der Waals surface area contributed by atoms with Crippen LogP contribution >= 0.6 is 23.2 Å². The number of benzene rings is 4. The normalized spacial score (nSPS) is 13.1. The lowest BCUT2D eigenvalue weighted by Gasteiger charge is -2.33. The molecule has 4 heterocycles. The number of amidine groups is 2. The Hall–Kier alpha value is -6.90. The molecule has 328 valence electrons. The van der Waals surface area contributed by atoms with Crippen LogP contribution in [-0.2, 0) is 13.1 Å². The zero-order valence-corrected chi connectivity index (χ0v) is 36.2. The molecule has 4 aromatic carbocycles. The Morgan fingerprint density at radius 1 is 0.547 bits per heavy atom. The fourth-order valence-electron chi connectivity index (χ4n) is 6.96. The van der Waals surface area contributed by atoms with E-state index in [0.29, 0.717) is 57.8 Å². The first kappa shape index (κ1) is 45.1. The lowest BCUT2D eigenvalue weighted by Crippen LogP contribution is -2.42. The van der Waals surface area contributed by atoms with Crippen molar-refractivity contribution >= 4 is 69.7 Å². The monoisotopic (exact) mass is 902 g/mol. The lowest BCUT2D eigenvalue weighted by atomic mass is 10.1. The molecule has 0 aliphatic carbocycles. The zero-order chi connectivity index (χ0) is 45.0. The van der Waals surface area contributed by atoms with Gasteiger partial charge in [0.1, 0.15) is 34.9 Å². The van der Waals surface area contributed by atoms with Crippen molar-refractivity contribution in [3.05, 3.63) is 177 Å². The summed E-state index contributed by atoms with van der Waals surface area (Å²) < 4.78 is 27.7. The Balaban J connectivity index is 0.000000192. The van der Waals surface area contributed by atoms with Gasteiger partial charge in [-0.25, -0.2) is 18.7 Å². The van der Waals surface area contributed by atoms with Crippen LogP contribution in [0.15, 0.2) is 122 Å². The van der Waals surface area contributed by atoms with Crippen molar-refractivity contribution in [1.29, 1.82) is 10.8 Å². The Bertz CT molecular complexity index is 2590. The minimum absolute atomic E-state index is 0.174. The summed E-state index contributed by atoms with van der Waals surface area (Å²) in [5.74, 6) is -0.214. The number of carbonyl (C=O) groups excluding carboxylic acids is 2. The molecule has 2 fully saturated rings. The standard InChI is InChI=1S/C25H25ClFN5O.C23H21ClFN5O/c26-19-8-11-23(30-16-19)31-25(33)21-14-20(27)9-10-22(21)29-15-17-4-6-18(7-5-17)24(28)32-12-2-1-3-13-32;24-17-6-9-21(28-14-17)29-23(31)19-12-18(25)7-8-20(19)27-13-15-2-4-16(5-3-15)22(26)30-10-1-11-30/h4-11,14,16,28-29H,1-3,12-13,15H2,(H,30,31,33);2-9,12,14,26-27H,1,10-11,13H2,(H,28,29,31). The average Bonchev–Trinajstić information content (AvgIpc) is 3.29. The van der Waals surface area contributed by atoms with Gasteiger partial charge in [0, 0.05) is 74.2 Å². The number of anilines is 4. The number of nitrogens with zero attached hydrogens (tertiary/aromatic N) is 4. The van der Waals surface area contributed by atoms with Crippen LogP contribution in [0, 0.1) is 22.5 Å². The number of nitrogens with one attached hydrogen (secondary N) is 6. The number of likely N-dealkylation sites (tertiary alicyclic amines) is 2. The summed E-state index contributed by atoms with van der Waals surface area (Å²) in [6.45, 7) is 4.63. The van der Waals surface area contributed by atoms with Crippen LogP contribution in [0.5, 0.6) is 0 Å². The molecule has 0 radical (unpaired) electrons. The van der Waals surface area contributed by atoms with Crippen molar-refractivity contribution in [2.45, 2.75) is 38.8 Å². The van der Waals surface area contributed by atoms with Gasteiger partial charge in [-0.15, -0.1) is 0 Å². The summed E-state index contributed by atoms with van der Waals surface area (Å²) in [5.41, 5.74) is 5.09. The number of aromatic nitrogens is 2. The van der Waals surface area contributed by atoms with Crippen LogP contribution in [0.25, 0.3) is 0 Å². The first-order valence-corrected chi connectivity index (χ1v) is 21.5. The van der Waals surface area contributed by atoms with E-state index in [1.165, 1.54) is 49.1 Å². The van der Waals surface area contributed by atoms with Crippen LogP contribution in [0.1, 0.15) is 68.7 Å². The second-order valence-corrected chi connectivity index (χ2v) is 16.1. The summed E-state index contributed by atoms with van der Waals surface area (Å²) in [6.07, 6.45) is 7.47. The van der Waals surface area contributed by atoms with Crippen molar-refractivity contribution in [3.8, 4) is 0 Å². The predicted molar refractivity (Wildman–Crippen MR) is 250 cm³/mol. The Morgan fingerprint density at radius 3 is 1.31 bits per heavy atom. The topological polar surface area (TPSA) is 162 Å². The van der Waals surface area contributed by atoms with E-state index in [9.17, 15) is 18.4 Å². The summed E-state index contributed by atoms with van der Waals surface area (Å²) in [6, 6.07) is 30.0. The van der Waals surface area contributed by atoms with Gasteiger partial charge in [0.25, 0.3) is 11.8 Å². The molecule has 2 aliphatic rings. The molecule has 16 heteroatoms. The van der Waals surface area contributed by atoms with E-state index < -0.39 is 23.4 Å².